The zero-order chi connectivity index (χ0) is 42.3. The highest BCUT2D eigenvalue weighted by atomic mass is 19.1. The monoisotopic (exact) mass is 788 g/mol. The van der Waals surface area contributed by atoms with E-state index in [-0.39, 0.29) is 17.5 Å². The lowest BCUT2D eigenvalue weighted by atomic mass is 9.80. The van der Waals surface area contributed by atoms with E-state index in [1.54, 1.807) is 6.92 Å². The fraction of sp³-hybridized carbons (Fsp3) is 0.480. The van der Waals surface area contributed by atoms with Gasteiger partial charge in [-0.1, -0.05) is 66.5 Å². The molecule has 2 N–H and O–H groups in total. The van der Waals surface area contributed by atoms with Crippen LogP contribution in [0.15, 0.2) is 92.4 Å². The summed E-state index contributed by atoms with van der Waals surface area (Å²) in [6, 6.07) is 14.7. The van der Waals surface area contributed by atoms with Crippen molar-refractivity contribution in [2.45, 2.75) is 118 Å². The van der Waals surface area contributed by atoms with Crippen LogP contribution in [0, 0.1) is 11.3 Å². The molecule has 5 rings (SSSR count). The lowest BCUT2D eigenvalue weighted by molar-refractivity contribution is 0.185. The number of benzene rings is 1. The molecular formula is C50H70FN7. The molecule has 0 saturated carbocycles. The smallest absolute Gasteiger partial charge is 0.122 e. The van der Waals surface area contributed by atoms with Crippen molar-refractivity contribution in [2.24, 2.45) is 11.3 Å². The number of halogens is 1. The minimum Gasteiger partial charge on any atom is -0.379 e. The van der Waals surface area contributed by atoms with E-state index in [0.29, 0.717) is 17.9 Å². The molecule has 3 atom stereocenters. The molecule has 1 saturated heterocycles. The van der Waals surface area contributed by atoms with Crippen LogP contribution in [0.4, 0.5) is 4.39 Å². The highest BCUT2D eigenvalue weighted by molar-refractivity contribution is 5.96. The van der Waals surface area contributed by atoms with Crippen LogP contribution >= 0.6 is 0 Å². The summed E-state index contributed by atoms with van der Waals surface area (Å²) in [4.78, 5) is 12.4. The summed E-state index contributed by atoms with van der Waals surface area (Å²) in [6.45, 7) is 35.2. The Morgan fingerprint density at radius 3 is 2.45 bits per heavy atom. The first kappa shape index (κ1) is 44.6. The van der Waals surface area contributed by atoms with Gasteiger partial charge in [0.05, 0.1) is 29.2 Å². The van der Waals surface area contributed by atoms with Gasteiger partial charge in [0.25, 0.3) is 0 Å². The minimum atomic E-state index is -1.17. The molecule has 58 heavy (non-hydrogen) atoms. The van der Waals surface area contributed by atoms with E-state index in [4.69, 9.17) is 9.97 Å². The molecule has 4 aromatic rings. The van der Waals surface area contributed by atoms with Gasteiger partial charge in [0, 0.05) is 71.4 Å². The van der Waals surface area contributed by atoms with Crippen LogP contribution in [0.5, 0.6) is 0 Å². The number of rotatable bonds is 20. The summed E-state index contributed by atoms with van der Waals surface area (Å²) in [5.41, 5.74) is 15.3. The van der Waals surface area contributed by atoms with Crippen molar-refractivity contribution in [3.63, 3.8) is 0 Å². The molecule has 1 fully saturated rings. The Morgan fingerprint density at radius 1 is 1.07 bits per heavy atom. The first-order valence-corrected chi connectivity index (χ1v) is 21.5. The number of alkyl halides is 1. The first-order chi connectivity index (χ1) is 27.6. The maximum Gasteiger partial charge on any atom is 0.122 e. The number of aryl methyl sites for hydroxylation is 1. The van der Waals surface area contributed by atoms with Crippen molar-refractivity contribution in [3.8, 4) is 22.5 Å². The highest BCUT2D eigenvalue weighted by Crippen LogP contribution is 2.42. The average Bonchev–Trinajstić information content (AvgIpc) is 3.50. The summed E-state index contributed by atoms with van der Waals surface area (Å²) in [5.74, 6) is 0.350. The molecular weight excluding hydrogens is 718 g/mol. The number of nitrogens with one attached hydrogen (secondary N) is 2. The van der Waals surface area contributed by atoms with Crippen molar-refractivity contribution < 1.29 is 4.39 Å². The summed E-state index contributed by atoms with van der Waals surface area (Å²) >= 11 is 0. The SMILES string of the molecule is C=CCCC(C)(C)Cc1c(-c2cccnc2C(=C)CC)n(CC)c2ccc(-c3cc(C(C)F)cc(CC(NC(=C)C(C(C)C)N(C)C)C(=C)N4CCCCN4)n3)cc12. The molecule has 1 aromatic carbocycles. The zero-order valence-corrected chi connectivity index (χ0v) is 37.0. The number of allylic oxidation sites excluding steroid dienone is 2. The van der Waals surface area contributed by atoms with E-state index in [1.165, 1.54) is 16.6 Å². The molecule has 312 valence electrons. The Bertz CT molecular complexity index is 2070. The van der Waals surface area contributed by atoms with E-state index >= 15 is 4.39 Å². The molecule has 0 amide bonds. The van der Waals surface area contributed by atoms with Crippen LogP contribution in [0.25, 0.3) is 39.0 Å². The first-order valence-electron chi connectivity index (χ1n) is 21.5. The normalized spacial score (nSPS) is 15.1. The maximum absolute atomic E-state index is 15.5. The Balaban J connectivity index is 1.67. The second-order valence-corrected chi connectivity index (χ2v) is 17.6. The zero-order valence-electron chi connectivity index (χ0n) is 37.0. The molecule has 8 heteroatoms. The molecule has 3 unspecified atom stereocenters. The molecule has 3 aromatic heterocycles. The third-order valence-corrected chi connectivity index (χ3v) is 11.8. The van der Waals surface area contributed by atoms with Gasteiger partial charge in [-0.2, -0.15) is 0 Å². The van der Waals surface area contributed by atoms with Crippen molar-refractivity contribution in [3.05, 3.63) is 115 Å². The van der Waals surface area contributed by atoms with Crippen LogP contribution in [-0.4, -0.2) is 63.7 Å². The third kappa shape index (κ3) is 10.2. The molecule has 1 aliphatic heterocycles. The van der Waals surface area contributed by atoms with Gasteiger partial charge in [-0.3, -0.25) is 9.97 Å². The Kier molecular flexibility index (Phi) is 15.0. The summed E-state index contributed by atoms with van der Waals surface area (Å²) < 4.78 is 17.9. The number of aromatic nitrogens is 3. The predicted molar refractivity (Wildman–Crippen MR) is 245 cm³/mol. The van der Waals surface area contributed by atoms with Crippen LogP contribution in [0.1, 0.15) is 109 Å². The number of nitrogens with zero attached hydrogens (tertiary/aromatic N) is 5. The predicted octanol–water partition coefficient (Wildman–Crippen LogP) is 11.5. The average molecular weight is 788 g/mol. The molecule has 0 bridgehead atoms. The molecule has 0 spiro atoms. The maximum atomic E-state index is 15.5. The van der Waals surface area contributed by atoms with Gasteiger partial charge in [-0.25, -0.2) is 9.82 Å². The quantitative estimate of drug-likeness (QED) is 0.0870. The van der Waals surface area contributed by atoms with Gasteiger partial charge in [0.2, 0.25) is 0 Å². The second-order valence-electron chi connectivity index (χ2n) is 17.6. The number of hydrazine groups is 1. The Hall–Kier alpha value is -4.53. The largest absolute Gasteiger partial charge is 0.379 e. The summed E-state index contributed by atoms with van der Waals surface area (Å²) in [7, 11) is 4.18. The highest BCUT2D eigenvalue weighted by Gasteiger charge is 2.29. The standard InChI is InChI=1S/C50H70FN7/c1-14-17-24-50(10,11)32-43-42-29-38(22-23-46(42)57(16-3)49(43)41-21-20-25-52-47(41)34(6)15-2)45-30-39(35(7)51)28-40(55-45)31-44(37(9)58-27-19-18-26-53-58)54-36(8)48(33(4)5)56(12)13/h14,20-23,25,28-30,33,35,44,48,53-54H,1,6,8-9,15-19,24,26-27,31-32H2,2-5,7,10-13H3. The lowest BCUT2D eigenvalue weighted by Gasteiger charge is -2.38. The van der Waals surface area contributed by atoms with Crippen LogP contribution < -0.4 is 10.7 Å². The van der Waals surface area contributed by atoms with Gasteiger partial charge in [0.1, 0.15) is 6.17 Å². The number of hydrogen-bond acceptors (Lipinski definition) is 6. The fourth-order valence-corrected chi connectivity index (χ4v) is 8.80. The van der Waals surface area contributed by atoms with Crippen molar-refractivity contribution in [1.29, 1.82) is 0 Å². The van der Waals surface area contributed by atoms with E-state index in [2.05, 4.69) is 131 Å². The van der Waals surface area contributed by atoms with E-state index < -0.39 is 6.17 Å². The molecule has 0 radical (unpaired) electrons. The molecule has 4 heterocycles. The summed E-state index contributed by atoms with van der Waals surface area (Å²) in [6.07, 6.45) is 9.11. The van der Waals surface area contributed by atoms with Gasteiger partial charge in [-0.05, 0) is 131 Å². The number of likely N-dealkylation sites (N-methyl/N-ethyl adjacent to an activating group) is 1. The van der Waals surface area contributed by atoms with Crippen molar-refractivity contribution in [1.82, 2.24) is 35.2 Å². The van der Waals surface area contributed by atoms with Gasteiger partial charge in [0.15, 0.2) is 0 Å². The Labute approximate surface area is 349 Å². The van der Waals surface area contributed by atoms with Crippen LogP contribution in [0.3, 0.4) is 0 Å². The lowest BCUT2D eigenvalue weighted by Crippen LogP contribution is -2.50. The van der Waals surface area contributed by atoms with Crippen molar-refractivity contribution in [2.75, 3.05) is 27.2 Å². The van der Waals surface area contributed by atoms with Gasteiger partial charge < -0.3 is 19.8 Å². The molecule has 7 nitrogen and oxygen atoms in total. The Morgan fingerprint density at radius 2 is 1.83 bits per heavy atom. The van der Waals surface area contributed by atoms with Crippen LogP contribution in [0.2, 0.25) is 0 Å². The number of hydrogen-bond donors (Lipinski definition) is 2. The van der Waals surface area contributed by atoms with Crippen LogP contribution in [-0.2, 0) is 19.4 Å². The summed E-state index contributed by atoms with van der Waals surface area (Å²) in [5, 5.41) is 7.13. The number of fused-ring (bicyclic) bond motifs is 1. The fourth-order valence-electron chi connectivity index (χ4n) is 8.80. The molecule has 1 aliphatic rings. The van der Waals surface area contributed by atoms with Gasteiger partial charge >= 0.3 is 0 Å². The van der Waals surface area contributed by atoms with Gasteiger partial charge in [-0.15, -0.1) is 6.58 Å². The van der Waals surface area contributed by atoms with Crippen molar-refractivity contribution >= 4 is 16.5 Å². The minimum absolute atomic E-state index is 0.00369. The van der Waals surface area contributed by atoms with E-state index in [1.807, 2.05) is 30.5 Å². The van der Waals surface area contributed by atoms with E-state index in [0.717, 1.165) is 109 Å². The topological polar surface area (TPSA) is 61.3 Å². The second kappa shape index (κ2) is 19.5. The number of pyridine rings is 2. The van der Waals surface area contributed by atoms with E-state index in [9.17, 15) is 0 Å². The third-order valence-electron chi connectivity index (χ3n) is 11.8. The molecule has 0 aliphatic carbocycles.